The Balaban J connectivity index is 1.64. The normalized spacial score (nSPS) is 18.6. The lowest BCUT2D eigenvalue weighted by Crippen LogP contribution is -2.42. The maximum atomic E-state index is 12.1. The van der Waals surface area contributed by atoms with Gasteiger partial charge in [0.15, 0.2) is 9.84 Å². The summed E-state index contributed by atoms with van der Waals surface area (Å²) in [5.41, 5.74) is 3.28. The Labute approximate surface area is 192 Å². The molecule has 3 rings (SSSR count). The second-order valence-electron chi connectivity index (χ2n) is 8.77. The number of aliphatic hydroxyl groups is 1. The van der Waals surface area contributed by atoms with Crippen LogP contribution in [0, 0.1) is 13.8 Å². The van der Waals surface area contributed by atoms with Crippen molar-refractivity contribution >= 4 is 9.84 Å². The van der Waals surface area contributed by atoms with E-state index in [4.69, 9.17) is 9.47 Å². The molecule has 0 saturated carbocycles. The molecule has 176 valence electrons. The lowest BCUT2D eigenvalue weighted by molar-refractivity contribution is 0.0524. The fraction of sp³-hybridized carbons (Fsp3) is 0.520. The molecule has 2 unspecified atom stereocenters. The average molecular weight is 462 g/mol. The standard InChI is InChI=1S/C25H35NO5S/c1-4-10-30-24-7-5-21(6-8-24)15-26(22-9-11-32(28,29)18-22)16-23(27)17-31-25-13-19(2)12-20(3)14-25/h5-8,12-14,22-23,27H,4,9-11,15-18H2,1-3H3. The minimum absolute atomic E-state index is 0.105. The Hall–Kier alpha value is -2.09. The summed E-state index contributed by atoms with van der Waals surface area (Å²) in [5.74, 6) is 1.90. The molecule has 2 aromatic rings. The van der Waals surface area contributed by atoms with Gasteiger partial charge < -0.3 is 14.6 Å². The van der Waals surface area contributed by atoms with Gasteiger partial charge in [0.25, 0.3) is 0 Å². The van der Waals surface area contributed by atoms with Gasteiger partial charge in [0.1, 0.15) is 24.2 Å². The largest absolute Gasteiger partial charge is 0.494 e. The van der Waals surface area contributed by atoms with Crippen LogP contribution in [-0.2, 0) is 16.4 Å². The van der Waals surface area contributed by atoms with Crippen molar-refractivity contribution in [2.24, 2.45) is 0 Å². The molecule has 1 aliphatic heterocycles. The van der Waals surface area contributed by atoms with Crippen molar-refractivity contribution < 1.29 is 23.0 Å². The quantitative estimate of drug-likeness (QED) is 0.552. The van der Waals surface area contributed by atoms with Crippen LogP contribution in [0.25, 0.3) is 0 Å². The van der Waals surface area contributed by atoms with Gasteiger partial charge in [-0.3, -0.25) is 4.90 Å². The van der Waals surface area contributed by atoms with E-state index in [2.05, 4.69) is 17.9 Å². The summed E-state index contributed by atoms with van der Waals surface area (Å²) in [7, 11) is -3.02. The molecule has 0 radical (unpaired) electrons. The zero-order valence-corrected chi connectivity index (χ0v) is 20.1. The summed E-state index contributed by atoms with van der Waals surface area (Å²) in [6, 6.07) is 13.7. The van der Waals surface area contributed by atoms with Crippen LogP contribution in [0.3, 0.4) is 0 Å². The van der Waals surface area contributed by atoms with Gasteiger partial charge in [0.05, 0.1) is 18.1 Å². The molecule has 0 bridgehead atoms. The molecule has 32 heavy (non-hydrogen) atoms. The third kappa shape index (κ3) is 7.50. The second-order valence-corrected chi connectivity index (χ2v) is 11.0. The zero-order valence-electron chi connectivity index (χ0n) is 19.3. The number of rotatable bonds is 11. The average Bonchev–Trinajstić information content (AvgIpc) is 3.10. The molecule has 2 aromatic carbocycles. The molecule has 1 fully saturated rings. The van der Waals surface area contributed by atoms with Gasteiger partial charge in [-0.05, 0) is 67.6 Å². The van der Waals surface area contributed by atoms with Crippen molar-refractivity contribution in [1.82, 2.24) is 4.90 Å². The van der Waals surface area contributed by atoms with E-state index in [1.54, 1.807) is 0 Å². The van der Waals surface area contributed by atoms with E-state index in [1.165, 1.54) is 0 Å². The van der Waals surface area contributed by atoms with Gasteiger partial charge >= 0.3 is 0 Å². The Bertz CT molecular complexity index is 954. The fourth-order valence-corrected chi connectivity index (χ4v) is 5.85. The number of aliphatic hydroxyl groups excluding tert-OH is 1. The maximum absolute atomic E-state index is 12.1. The molecule has 7 heteroatoms. The first kappa shape index (κ1) is 24.6. The predicted molar refractivity (Wildman–Crippen MR) is 127 cm³/mol. The third-order valence-electron chi connectivity index (χ3n) is 5.59. The van der Waals surface area contributed by atoms with Crippen LogP contribution < -0.4 is 9.47 Å². The number of benzene rings is 2. The van der Waals surface area contributed by atoms with Gasteiger partial charge in [-0.2, -0.15) is 0 Å². The van der Waals surface area contributed by atoms with E-state index in [1.807, 2.05) is 50.2 Å². The fourth-order valence-electron chi connectivity index (χ4n) is 4.08. The maximum Gasteiger partial charge on any atom is 0.151 e. The molecule has 1 N–H and O–H groups in total. The predicted octanol–water partition coefficient (Wildman–Crippen LogP) is 3.52. The summed E-state index contributed by atoms with van der Waals surface area (Å²) in [4.78, 5) is 2.07. The van der Waals surface area contributed by atoms with Crippen LogP contribution in [-0.4, -0.2) is 61.8 Å². The van der Waals surface area contributed by atoms with Crippen LogP contribution in [0.15, 0.2) is 42.5 Å². The van der Waals surface area contributed by atoms with Crippen LogP contribution in [0.5, 0.6) is 11.5 Å². The molecule has 0 aliphatic carbocycles. The number of ether oxygens (including phenoxy) is 2. The summed E-state index contributed by atoms with van der Waals surface area (Å²) in [5, 5.41) is 10.7. The molecule has 6 nitrogen and oxygen atoms in total. The van der Waals surface area contributed by atoms with E-state index < -0.39 is 15.9 Å². The van der Waals surface area contributed by atoms with Crippen molar-refractivity contribution in [2.45, 2.75) is 52.3 Å². The lowest BCUT2D eigenvalue weighted by Gasteiger charge is -2.30. The number of aryl methyl sites for hydroxylation is 2. The van der Waals surface area contributed by atoms with Gasteiger partial charge in [0.2, 0.25) is 0 Å². The first-order valence-electron chi connectivity index (χ1n) is 11.3. The number of sulfone groups is 1. The van der Waals surface area contributed by atoms with Crippen molar-refractivity contribution in [3.05, 3.63) is 59.2 Å². The topological polar surface area (TPSA) is 76.1 Å². The molecule has 2 atom stereocenters. The van der Waals surface area contributed by atoms with Gasteiger partial charge in [-0.25, -0.2) is 8.42 Å². The second kappa shape index (κ2) is 11.2. The van der Waals surface area contributed by atoms with Crippen molar-refractivity contribution in [3.8, 4) is 11.5 Å². The number of hydrogen-bond donors (Lipinski definition) is 1. The summed E-state index contributed by atoms with van der Waals surface area (Å²) in [6.45, 7) is 7.83. The summed E-state index contributed by atoms with van der Waals surface area (Å²) in [6.07, 6.45) is 0.810. The molecule has 0 spiro atoms. The van der Waals surface area contributed by atoms with Gasteiger partial charge in [-0.1, -0.05) is 25.1 Å². The Morgan fingerprint density at radius 1 is 1.06 bits per heavy atom. The van der Waals surface area contributed by atoms with Gasteiger partial charge in [0, 0.05) is 19.1 Å². The van der Waals surface area contributed by atoms with Gasteiger partial charge in [-0.15, -0.1) is 0 Å². The molecule has 0 amide bonds. The lowest BCUT2D eigenvalue weighted by atomic mass is 10.1. The SMILES string of the molecule is CCCOc1ccc(CN(CC(O)COc2cc(C)cc(C)c2)C2CCS(=O)(=O)C2)cc1. The van der Waals surface area contributed by atoms with E-state index >= 15 is 0 Å². The smallest absolute Gasteiger partial charge is 0.151 e. The van der Waals surface area contributed by atoms with Crippen LogP contribution >= 0.6 is 0 Å². The van der Waals surface area contributed by atoms with E-state index in [-0.39, 0.29) is 24.2 Å². The summed E-state index contributed by atoms with van der Waals surface area (Å²) < 4.78 is 35.6. The molecule has 0 aromatic heterocycles. The van der Waals surface area contributed by atoms with Crippen molar-refractivity contribution in [2.75, 3.05) is 31.3 Å². The van der Waals surface area contributed by atoms with E-state index in [0.717, 1.165) is 34.6 Å². The zero-order chi connectivity index (χ0) is 23.1. The Kier molecular flexibility index (Phi) is 8.57. The Morgan fingerprint density at radius 3 is 2.34 bits per heavy atom. The Morgan fingerprint density at radius 2 is 1.75 bits per heavy atom. The first-order valence-corrected chi connectivity index (χ1v) is 13.1. The first-order chi connectivity index (χ1) is 15.2. The van der Waals surface area contributed by atoms with E-state index in [0.29, 0.717) is 26.1 Å². The molecule has 1 heterocycles. The highest BCUT2D eigenvalue weighted by molar-refractivity contribution is 7.91. The van der Waals surface area contributed by atoms with Crippen molar-refractivity contribution in [1.29, 1.82) is 0 Å². The molecular formula is C25H35NO5S. The van der Waals surface area contributed by atoms with E-state index in [9.17, 15) is 13.5 Å². The summed E-state index contributed by atoms with van der Waals surface area (Å²) >= 11 is 0. The molecule has 1 aliphatic rings. The van der Waals surface area contributed by atoms with Crippen molar-refractivity contribution in [3.63, 3.8) is 0 Å². The highest BCUT2D eigenvalue weighted by atomic mass is 32.2. The molecule has 1 saturated heterocycles. The molecular weight excluding hydrogens is 426 g/mol. The minimum Gasteiger partial charge on any atom is -0.494 e. The highest BCUT2D eigenvalue weighted by Crippen LogP contribution is 2.22. The monoisotopic (exact) mass is 461 g/mol. The third-order valence-corrected chi connectivity index (χ3v) is 7.34. The van der Waals surface area contributed by atoms with Crippen LogP contribution in [0.2, 0.25) is 0 Å². The number of nitrogens with zero attached hydrogens (tertiary/aromatic N) is 1. The number of hydrogen-bond acceptors (Lipinski definition) is 6. The van der Waals surface area contributed by atoms with Crippen LogP contribution in [0.1, 0.15) is 36.5 Å². The minimum atomic E-state index is -3.02. The highest BCUT2D eigenvalue weighted by Gasteiger charge is 2.33. The van der Waals surface area contributed by atoms with Crippen LogP contribution in [0.4, 0.5) is 0 Å².